The molecule has 1 amide bonds. The zero-order valence-electron chi connectivity index (χ0n) is 17.8. The second-order valence-corrected chi connectivity index (χ2v) is 8.74. The molecule has 1 unspecified atom stereocenters. The molecule has 1 atom stereocenters. The van der Waals surface area contributed by atoms with Gasteiger partial charge in [0.1, 0.15) is 10.8 Å². The average molecular weight is 441 g/mol. The van der Waals surface area contributed by atoms with Gasteiger partial charge in [-0.1, -0.05) is 24.3 Å². The number of nitrogens with zero attached hydrogens (tertiary/aromatic N) is 3. The maximum atomic E-state index is 14.8. The van der Waals surface area contributed by atoms with E-state index in [0.717, 1.165) is 38.9 Å². The van der Waals surface area contributed by atoms with Gasteiger partial charge in [0.2, 0.25) is 5.91 Å². The number of nitrogens with one attached hydrogen (secondary N) is 1. The fraction of sp³-hybridized carbons (Fsp3) is 0.348. The summed E-state index contributed by atoms with van der Waals surface area (Å²) in [4.78, 5) is 19.1. The van der Waals surface area contributed by atoms with Crippen LogP contribution >= 0.6 is 11.5 Å². The molecule has 8 heteroatoms. The first-order valence-electron chi connectivity index (χ1n) is 10.2. The van der Waals surface area contributed by atoms with Crippen molar-refractivity contribution in [3.05, 3.63) is 58.9 Å². The van der Waals surface area contributed by atoms with Gasteiger partial charge in [-0.25, -0.2) is 9.37 Å². The summed E-state index contributed by atoms with van der Waals surface area (Å²) in [5, 5.41) is 13.5. The first kappa shape index (κ1) is 21.4. The number of fused-ring (bicyclic) bond motifs is 1. The summed E-state index contributed by atoms with van der Waals surface area (Å²) in [5.74, 6) is 0.653. The fourth-order valence-corrected chi connectivity index (χ4v) is 4.56. The lowest BCUT2D eigenvalue weighted by atomic mass is 9.92. The zero-order valence-corrected chi connectivity index (χ0v) is 18.6. The Bertz CT molecular complexity index is 1130. The summed E-state index contributed by atoms with van der Waals surface area (Å²) < 4.78 is 19.0. The van der Waals surface area contributed by atoms with Crippen LogP contribution in [0.25, 0.3) is 10.6 Å². The Hall–Kier alpha value is -2.84. The Morgan fingerprint density at radius 3 is 2.84 bits per heavy atom. The lowest BCUT2D eigenvalue weighted by molar-refractivity contribution is -0.116. The van der Waals surface area contributed by atoms with Gasteiger partial charge >= 0.3 is 0 Å². The molecule has 0 saturated heterocycles. The number of alkyl halides is 1. The van der Waals surface area contributed by atoms with Crippen LogP contribution in [-0.4, -0.2) is 40.1 Å². The van der Waals surface area contributed by atoms with E-state index in [1.54, 1.807) is 17.0 Å². The van der Waals surface area contributed by atoms with E-state index >= 15 is 0 Å². The van der Waals surface area contributed by atoms with Crippen molar-refractivity contribution >= 4 is 28.8 Å². The molecule has 0 fully saturated rings. The second kappa shape index (κ2) is 8.36. The molecule has 1 aliphatic rings. The highest BCUT2D eigenvalue weighted by atomic mass is 32.1. The minimum atomic E-state index is -1.83. The van der Waals surface area contributed by atoms with Crippen LogP contribution in [0.1, 0.15) is 29.4 Å². The SMILES string of the molecule is Cc1nsc(-c2ccc(C)c(NCC(=O)N3CCc4c3cccc4C(C)(F)CO)c2)n1. The Morgan fingerprint density at radius 1 is 1.32 bits per heavy atom. The Morgan fingerprint density at radius 2 is 2.13 bits per heavy atom. The lowest BCUT2D eigenvalue weighted by Gasteiger charge is -2.23. The van der Waals surface area contributed by atoms with Gasteiger partial charge < -0.3 is 15.3 Å². The molecule has 1 aliphatic heterocycles. The number of aryl methyl sites for hydroxylation is 2. The summed E-state index contributed by atoms with van der Waals surface area (Å²) in [6, 6.07) is 11.2. The number of aliphatic hydroxyl groups is 1. The molecule has 0 radical (unpaired) electrons. The standard InChI is InChI=1S/C23H25FN4O2S/c1-14-7-8-16(22-26-15(2)27-31-22)11-19(14)25-12-21(30)28-10-9-17-18(23(3,24)13-29)5-4-6-20(17)28/h4-8,11,25,29H,9-10,12-13H2,1-3H3. The molecule has 6 nitrogen and oxygen atoms in total. The quantitative estimate of drug-likeness (QED) is 0.606. The summed E-state index contributed by atoms with van der Waals surface area (Å²) in [6.45, 7) is 5.23. The summed E-state index contributed by atoms with van der Waals surface area (Å²) in [5.41, 5.74) is 2.97. The summed E-state index contributed by atoms with van der Waals surface area (Å²) in [7, 11) is 0. The number of rotatable bonds is 6. The van der Waals surface area contributed by atoms with Crippen LogP contribution in [-0.2, 0) is 16.9 Å². The molecule has 0 spiro atoms. The van der Waals surface area contributed by atoms with Gasteiger partial charge in [-0.2, -0.15) is 4.37 Å². The third kappa shape index (κ3) is 4.18. The highest BCUT2D eigenvalue weighted by Crippen LogP contribution is 2.37. The van der Waals surface area contributed by atoms with E-state index in [0.29, 0.717) is 18.5 Å². The van der Waals surface area contributed by atoms with Gasteiger partial charge in [0.05, 0.1) is 13.2 Å². The molecule has 2 heterocycles. The number of benzene rings is 2. The van der Waals surface area contributed by atoms with Crippen molar-refractivity contribution in [2.75, 3.05) is 29.9 Å². The summed E-state index contributed by atoms with van der Waals surface area (Å²) >= 11 is 1.35. The molecule has 162 valence electrons. The van der Waals surface area contributed by atoms with Gasteiger partial charge in [-0.3, -0.25) is 4.79 Å². The third-order valence-corrected chi connectivity index (χ3v) is 6.48. The van der Waals surface area contributed by atoms with Crippen molar-refractivity contribution in [1.82, 2.24) is 9.36 Å². The maximum Gasteiger partial charge on any atom is 0.246 e. The van der Waals surface area contributed by atoms with Crippen LogP contribution in [0.2, 0.25) is 0 Å². The highest BCUT2D eigenvalue weighted by Gasteiger charge is 2.33. The number of carbonyl (C=O) groups excluding carboxylic acids is 1. The molecule has 2 aromatic carbocycles. The number of amides is 1. The number of halogens is 1. The first-order chi connectivity index (χ1) is 14.8. The number of aromatic nitrogens is 2. The zero-order chi connectivity index (χ0) is 22.2. The van der Waals surface area contributed by atoms with Crippen LogP contribution in [0.5, 0.6) is 0 Å². The topological polar surface area (TPSA) is 78.4 Å². The van der Waals surface area contributed by atoms with E-state index in [1.165, 1.54) is 18.5 Å². The molecular weight excluding hydrogens is 415 g/mol. The van der Waals surface area contributed by atoms with Crippen molar-refractivity contribution in [1.29, 1.82) is 0 Å². The Kier molecular flexibility index (Phi) is 5.77. The molecule has 3 aromatic rings. The van der Waals surface area contributed by atoms with E-state index in [4.69, 9.17) is 0 Å². The monoisotopic (exact) mass is 440 g/mol. The number of aliphatic hydroxyl groups excluding tert-OH is 1. The highest BCUT2D eigenvalue weighted by molar-refractivity contribution is 7.09. The average Bonchev–Trinajstić information content (AvgIpc) is 3.39. The van der Waals surface area contributed by atoms with Crippen LogP contribution in [0, 0.1) is 13.8 Å². The van der Waals surface area contributed by atoms with Crippen molar-refractivity contribution in [3.8, 4) is 10.6 Å². The smallest absolute Gasteiger partial charge is 0.246 e. The predicted molar refractivity (Wildman–Crippen MR) is 121 cm³/mol. The molecule has 1 aromatic heterocycles. The van der Waals surface area contributed by atoms with Gasteiger partial charge in [-0.15, -0.1) is 0 Å². The lowest BCUT2D eigenvalue weighted by Crippen LogP contribution is -2.34. The Labute approximate surface area is 184 Å². The molecule has 2 N–H and O–H groups in total. The number of anilines is 2. The van der Waals surface area contributed by atoms with Gasteiger partial charge in [0, 0.05) is 23.5 Å². The molecular formula is C23H25FN4O2S. The fourth-order valence-electron chi connectivity index (χ4n) is 3.89. The third-order valence-electron chi connectivity index (χ3n) is 5.63. The maximum absolute atomic E-state index is 14.8. The second-order valence-electron chi connectivity index (χ2n) is 7.98. The van der Waals surface area contributed by atoms with Crippen LogP contribution in [0.4, 0.5) is 15.8 Å². The van der Waals surface area contributed by atoms with E-state index in [-0.39, 0.29) is 12.5 Å². The first-order valence-corrected chi connectivity index (χ1v) is 10.9. The number of hydrogen-bond donors (Lipinski definition) is 2. The molecule has 0 saturated carbocycles. The van der Waals surface area contributed by atoms with Gasteiger partial charge in [-0.05, 0) is 67.5 Å². The van der Waals surface area contributed by atoms with Crippen molar-refractivity contribution < 1.29 is 14.3 Å². The van der Waals surface area contributed by atoms with Crippen LogP contribution < -0.4 is 10.2 Å². The summed E-state index contributed by atoms with van der Waals surface area (Å²) in [6.07, 6.45) is 0.571. The van der Waals surface area contributed by atoms with Crippen molar-refractivity contribution in [2.24, 2.45) is 0 Å². The predicted octanol–water partition coefficient (Wildman–Crippen LogP) is 4.00. The molecule has 4 rings (SSSR count). The van der Waals surface area contributed by atoms with Gasteiger partial charge in [0.15, 0.2) is 5.67 Å². The van der Waals surface area contributed by atoms with Crippen LogP contribution in [0.3, 0.4) is 0 Å². The van der Waals surface area contributed by atoms with Crippen molar-refractivity contribution in [2.45, 2.75) is 32.9 Å². The van der Waals surface area contributed by atoms with E-state index < -0.39 is 12.3 Å². The van der Waals surface area contributed by atoms with E-state index in [2.05, 4.69) is 14.7 Å². The number of carbonyl (C=O) groups is 1. The Balaban J connectivity index is 1.51. The van der Waals surface area contributed by atoms with E-state index in [1.807, 2.05) is 38.1 Å². The largest absolute Gasteiger partial charge is 0.393 e. The normalized spacial score (nSPS) is 14.9. The minimum absolute atomic E-state index is 0.0861. The van der Waals surface area contributed by atoms with Crippen LogP contribution in [0.15, 0.2) is 36.4 Å². The molecule has 31 heavy (non-hydrogen) atoms. The minimum Gasteiger partial charge on any atom is -0.393 e. The van der Waals surface area contributed by atoms with Crippen molar-refractivity contribution in [3.63, 3.8) is 0 Å². The van der Waals surface area contributed by atoms with E-state index in [9.17, 15) is 14.3 Å². The number of hydrogen-bond acceptors (Lipinski definition) is 6. The molecule has 0 bridgehead atoms. The van der Waals surface area contributed by atoms with Gasteiger partial charge in [0.25, 0.3) is 0 Å². The molecule has 0 aliphatic carbocycles.